The van der Waals surface area contributed by atoms with Crippen LogP contribution in [0.1, 0.15) is 64.9 Å². The minimum Gasteiger partial charge on any atom is -0.444 e. The van der Waals surface area contributed by atoms with E-state index in [9.17, 15) is 19.2 Å². The van der Waals surface area contributed by atoms with Crippen LogP contribution in [-0.4, -0.2) is 225 Å². The molecule has 0 unspecified atom stereocenters. The number of unbranched alkanes of at least 4 members (excludes halogenated alkanes) is 1. The molecule has 0 aliphatic heterocycles. The minimum absolute atomic E-state index is 0.0107. The largest absolute Gasteiger partial charge is 0.444 e. The molecular formula is C52H90N8O17. The van der Waals surface area contributed by atoms with E-state index in [2.05, 4.69) is 42.3 Å². The van der Waals surface area contributed by atoms with E-state index in [4.69, 9.17) is 67.1 Å². The number of rotatable bonds is 53. The summed E-state index contributed by atoms with van der Waals surface area (Å²) in [6.45, 7) is 15.9. The number of fused-ring (bicyclic) bond motifs is 1. The van der Waals surface area contributed by atoms with Crippen LogP contribution < -0.4 is 21.3 Å². The molecular weight excluding hydrogens is 1010 g/mol. The van der Waals surface area contributed by atoms with Crippen molar-refractivity contribution in [3.8, 4) is 0 Å². The van der Waals surface area contributed by atoms with E-state index < -0.39 is 17.7 Å². The molecule has 2 rings (SSSR count). The van der Waals surface area contributed by atoms with Crippen molar-refractivity contribution in [2.24, 2.45) is 5.11 Å². The minimum atomic E-state index is -0.789. The van der Waals surface area contributed by atoms with Crippen molar-refractivity contribution in [2.75, 3.05) is 185 Å². The molecule has 2 aromatic rings. The molecule has 77 heavy (non-hydrogen) atoms. The lowest BCUT2D eigenvalue weighted by molar-refractivity contribution is -0.130. The molecule has 0 radical (unpaired) electrons. The number of nitrogens with one attached hydrogen (secondary N) is 5. The van der Waals surface area contributed by atoms with Crippen molar-refractivity contribution in [2.45, 2.75) is 77.4 Å². The maximum atomic E-state index is 13.1. The Balaban J connectivity index is 1.43. The zero-order valence-electron chi connectivity index (χ0n) is 46.0. The molecule has 0 saturated carbocycles. The van der Waals surface area contributed by atoms with Gasteiger partial charge in [0.2, 0.25) is 17.7 Å². The monoisotopic (exact) mass is 1100 g/mol. The summed E-state index contributed by atoms with van der Waals surface area (Å²) < 4.78 is 71.2. The number of hydrogen-bond donors (Lipinski definition) is 5. The first kappa shape index (κ1) is 68.4. The number of benzene rings is 1. The second kappa shape index (κ2) is 48.4. The normalized spacial score (nSPS) is 11.8. The number of H-pyrrole nitrogens is 1. The van der Waals surface area contributed by atoms with E-state index in [0.717, 1.165) is 18.4 Å². The molecule has 5 N–H and O–H groups in total. The van der Waals surface area contributed by atoms with Crippen LogP contribution in [0.3, 0.4) is 0 Å². The van der Waals surface area contributed by atoms with Crippen molar-refractivity contribution in [1.82, 2.24) is 26.3 Å². The maximum absolute atomic E-state index is 13.1. The van der Waals surface area contributed by atoms with Gasteiger partial charge in [0.1, 0.15) is 11.6 Å². The van der Waals surface area contributed by atoms with Gasteiger partial charge in [-0.25, -0.2) is 4.79 Å². The number of para-hydroxylation sites is 1. The van der Waals surface area contributed by atoms with Gasteiger partial charge in [-0.1, -0.05) is 23.3 Å². The molecule has 25 heteroatoms. The van der Waals surface area contributed by atoms with E-state index in [1.54, 1.807) is 20.8 Å². The third-order valence-electron chi connectivity index (χ3n) is 10.5. The van der Waals surface area contributed by atoms with Crippen LogP contribution in [0.5, 0.6) is 0 Å². The lowest BCUT2D eigenvalue weighted by Gasteiger charge is -2.20. The van der Waals surface area contributed by atoms with E-state index in [1.807, 2.05) is 24.4 Å². The standard InChI is InChI=1S/C52H90N8O17/c1-52(2,3)77-51(64)56-15-7-6-12-47(59-49(62)14-19-65-23-27-69-31-35-73-37-39-75-41-42-76-40-38-74-36-34-72-30-26-68-22-18-58-60-53)50(63)55-17-21-67-25-29-71-33-32-70-28-24-66-20-16-54-48(61)13-8-9-44-43-57-46-11-5-4-10-45(44)46/h4-5,10-11,43,47,57H,6-9,12-42H2,1-3H3,(H,54,61)(H,55,63)(H,56,64)(H,59,62)/t47-/m1/s1. The third kappa shape index (κ3) is 42.0. The van der Waals surface area contributed by atoms with Crippen LogP contribution in [0.15, 0.2) is 35.6 Å². The van der Waals surface area contributed by atoms with Gasteiger partial charge in [0.05, 0.1) is 159 Å². The van der Waals surface area contributed by atoms with Crippen LogP contribution in [0.2, 0.25) is 0 Å². The van der Waals surface area contributed by atoms with E-state index in [1.165, 1.54) is 10.9 Å². The predicted octanol–water partition coefficient (Wildman–Crippen LogP) is 3.80. The highest BCUT2D eigenvalue weighted by atomic mass is 16.6. The van der Waals surface area contributed by atoms with Gasteiger partial charge in [-0.05, 0) is 70.0 Å². The van der Waals surface area contributed by atoms with Crippen LogP contribution in [-0.2, 0) is 82.4 Å². The van der Waals surface area contributed by atoms with Gasteiger partial charge in [0, 0.05) is 61.0 Å². The van der Waals surface area contributed by atoms with Gasteiger partial charge in [-0.2, -0.15) is 0 Å². The summed E-state index contributed by atoms with van der Waals surface area (Å²) in [5.41, 5.74) is 9.91. The highest BCUT2D eigenvalue weighted by Crippen LogP contribution is 2.19. The number of aromatic nitrogens is 1. The van der Waals surface area contributed by atoms with Gasteiger partial charge in [-0.15, -0.1) is 0 Å². The summed E-state index contributed by atoms with van der Waals surface area (Å²) in [6, 6.07) is 7.36. The number of aromatic amines is 1. The molecule has 0 fully saturated rings. The quantitative estimate of drug-likeness (QED) is 0.0272. The molecule has 0 aliphatic rings. The lowest BCUT2D eigenvalue weighted by Crippen LogP contribution is -2.47. The second-order valence-electron chi connectivity index (χ2n) is 18.0. The van der Waals surface area contributed by atoms with Crippen LogP contribution in [0, 0.1) is 0 Å². The molecule has 440 valence electrons. The molecule has 1 atom stereocenters. The Bertz CT molecular complexity index is 1840. The van der Waals surface area contributed by atoms with Crippen LogP contribution in [0.25, 0.3) is 21.3 Å². The smallest absolute Gasteiger partial charge is 0.407 e. The maximum Gasteiger partial charge on any atom is 0.407 e. The average molecular weight is 1100 g/mol. The highest BCUT2D eigenvalue weighted by Gasteiger charge is 2.21. The molecule has 0 aliphatic carbocycles. The summed E-state index contributed by atoms with van der Waals surface area (Å²) in [4.78, 5) is 56.1. The fourth-order valence-corrected chi connectivity index (χ4v) is 6.73. The number of carbonyl (C=O) groups excluding carboxylic acids is 4. The topological polar surface area (TPSA) is 301 Å². The second-order valence-corrected chi connectivity index (χ2v) is 18.0. The Morgan fingerprint density at radius 3 is 1.52 bits per heavy atom. The summed E-state index contributed by atoms with van der Waals surface area (Å²) in [5.74, 6) is -0.662. The Kier molecular flexibility index (Phi) is 43.0. The van der Waals surface area contributed by atoms with Gasteiger partial charge in [-0.3, -0.25) is 14.4 Å². The van der Waals surface area contributed by atoms with Crippen molar-refractivity contribution in [3.05, 3.63) is 46.5 Å². The first-order valence-electron chi connectivity index (χ1n) is 26.9. The molecule has 25 nitrogen and oxygen atoms in total. The molecule has 1 aromatic heterocycles. The van der Waals surface area contributed by atoms with Crippen molar-refractivity contribution in [3.63, 3.8) is 0 Å². The number of carbonyl (C=O) groups is 4. The van der Waals surface area contributed by atoms with Crippen LogP contribution >= 0.6 is 0 Å². The molecule has 1 aromatic carbocycles. The Morgan fingerprint density at radius 2 is 1.01 bits per heavy atom. The van der Waals surface area contributed by atoms with E-state index >= 15 is 0 Å². The number of nitrogens with zero attached hydrogens (tertiary/aromatic N) is 3. The van der Waals surface area contributed by atoms with Gasteiger partial charge >= 0.3 is 6.09 Å². The van der Waals surface area contributed by atoms with E-state index in [-0.39, 0.29) is 50.5 Å². The Morgan fingerprint density at radius 1 is 0.545 bits per heavy atom. The van der Waals surface area contributed by atoms with Crippen LogP contribution in [0.4, 0.5) is 4.79 Å². The molecule has 0 spiro atoms. The first-order chi connectivity index (χ1) is 37.6. The van der Waals surface area contributed by atoms with Gasteiger partial charge in [0.15, 0.2) is 0 Å². The fraction of sp³-hybridized carbons (Fsp3) is 0.769. The number of azide groups is 1. The summed E-state index contributed by atoms with van der Waals surface area (Å²) in [5, 5.41) is 15.8. The van der Waals surface area contributed by atoms with Gasteiger partial charge in [0.25, 0.3) is 0 Å². The predicted molar refractivity (Wildman–Crippen MR) is 286 cm³/mol. The van der Waals surface area contributed by atoms with E-state index in [0.29, 0.717) is 184 Å². The summed E-state index contributed by atoms with van der Waals surface area (Å²) >= 11 is 0. The average Bonchev–Trinajstić information content (AvgIpc) is 3.83. The summed E-state index contributed by atoms with van der Waals surface area (Å²) in [6.07, 6.45) is 5.12. The SMILES string of the molecule is CC(C)(C)OC(=O)NCCCC[C@@H](NC(=O)CCOCCOCCOCCOCCOCCOCCOCCOCCN=[N+]=[N-])C(=O)NCCOCCOCCOCCOCCNC(=O)CCCc1c[nH]c2ccccc12. The molecule has 0 saturated heterocycles. The van der Waals surface area contributed by atoms with Crippen molar-refractivity contribution >= 4 is 34.7 Å². The number of aryl methyl sites for hydroxylation is 1. The Hall–Kier alpha value is -4.73. The third-order valence-corrected chi connectivity index (χ3v) is 10.5. The number of amides is 4. The number of alkyl carbamates (subject to hydrolysis) is 1. The Labute approximate surface area is 454 Å². The molecule has 1 heterocycles. The number of hydrogen-bond acceptors (Lipinski definition) is 18. The molecule has 0 bridgehead atoms. The number of ether oxygens (including phenoxy) is 13. The first-order valence-corrected chi connectivity index (χ1v) is 26.9. The highest BCUT2D eigenvalue weighted by molar-refractivity contribution is 5.87. The summed E-state index contributed by atoms with van der Waals surface area (Å²) in [7, 11) is 0. The van der Waals surface area contributed by atoms with Crippen molar-refractivity contribution in [1.29, 1.82) is 0 Å². The van der Waals surface area contributed by atoms with Crippen molar-refractivity contribution < 1.29 is 80.8 Å². The van der Waals surface area contributed by atoms with Gasteiger partial charge < -0.3 is 87.8 Å². The zero-order chi connectivity index (χ0) is 55.5. The fourth-order valence-electron chi connectivity index (χ4n) is 6.73. The lowest BCUT2D eigenvalue weighted by atomic mass is 10.1. The zero-order valence-corrected chi connectivity index (χ0v) is 46.0. The molecule has 4 amide bonds.